The van der Waals surface area contributed by atoms with Crippen LogP contribution in [0.4, 0.5) is 5.69 Å². The standard InChI is InChI=1S/C17H21N3O3/c1-12(21)19-7-4-8-20(10-9-19)17(23)14-11-16(22)18-15-6-3-2-5-13(14)15/h2-3,5-6,14H,4,7-11H2,1H3,(H,18,22). The lowest BCUT2D eigenvalue weighted by molar-refractivity contribution is -0.135. The molecule has 1 saturated heterocycles. The Kier molecular flexibility index (Phi) is 4.32. The van der Waals surface area contributed by atoms with Crippen molar-refractivity contribution in [1.29, 1.82) is 0 Å². The van der Waals surface area contributed by atoms with Crippen LogP contribution in [0.5, 0.6) is 0 Å². The van der Waals surface area contributed by atoms with Gasteiger partial charge in [-0.25, -0.2) is 0 Å². The van der Waals surface area contributed by atoms with Crippen LogP contribution < -0.4 is 5.32 Å². The van der Waals surface area contributed by atoms with E-state index < -0.39 is 5.92 Å². The molecule has 1 aromatic carbocycles. The first-order chi connectivity index (χ1) is 11.1. The molecule has 3 amide bonds. The summed E-state index contributed by atoms with van der Waals surface area (Å²) in [6, 6.07) is 7.46. The summed E-state index contributed by atoms with van der Waals surface area (Å²) in [6.45, 7) is 3.95. The van der Waals surface area contributed by atoms with Crippen molar-refractivity contribution < 1.29 is 14.4 Å². The Labute approximate surface area is 135 Å². The molecule has 0 aromatic heterocycles. The van der Waals surface area contributed by atoms with Crippen LogP contribution in [0.2, 0.25) is 0 Å². The molecule has 3 rings (SSSR count). The zero-order valence-corrected chi connectivity index (χ0v) is 13.2. The van der Waals surface area contributed by atoms with Gasteiger partial charge in [0.05, 0.1) is 5.92 Å². The lowest BCUT2D eigenvalue weighted by Crippen LogP contribution is -2.41. The van der Waals surface area contributed by atoms with Gasteiger partial charge in [0.15, 0.2) is 0 Å². The van der Waals surface area contributed by atoms with Gasteiger partial charge in [-0.1, -0.05) is 18.2 Å². The Hall–Kier alpha value is -2.37. The van der Waals surface area contributed by atoms with Crippen molar-refractivity contribution in [2.75, 3.05) is 31.5 Å². The highest BCUT2D eigenvalue weighted by atomic mass is 16.2. The van der Waals surface area contributed by atoms with Crippen LogP contribution in [0.15, 0.2) is 24.3 Å². The van der Waals surface area contributed by atoms with Crippen LogP contribution in [0.3, 0.4) is 0 Å². The van der Waals surface area contributed by atoms with E-state index in [1.807, 2.05) is 24.3 Å². The third-order valence-electron chi connectivity index (χ3n) is 4.55. The molecule has 0 radical (unpaired) electrons. The van der Waals surface area contributed by atoms with Gasteiger partial charge in [-0.05, 0) is 18.1 Å². The second-order valence-corrected chi connectivity index (χ2v) is 6.08. The summed E-state index contributed by atoms with van der Waals surface area (Å²) in [5.41, 5.74) is 1.60. The first-order valence-corrected chi connectivity index (χ1v) is 7.99. The Morgan fingerprint density at radius 3 is 2.57 bits per heavy atom. The number of hydrogen-bond acceptors (Lipinski definition) is 3. The van der Waals surface area contributed by atoms with E-state index in [-0.39, 0.29) is 24.1 Å². The van der Waals surface area contributed by atoms with Crippen LogP contribution in [-0.2, 0) is 14.4 Å². The van der Waals surface area contributed by atoms with Gasteiger partial charge in [0.1, 0.15) is 0 Å². The van der Waals surface area contributed by atoms with E-state index in [4.69, 9.17) is 0 Å². The van der Waals surface area contributed by atoms with Gasteiger partial charge in [0.2, 0.25) is 17.7 Å². The minimum absolute atomic E-state index is 0.0160. The molecule has 122 valence electrons. The molecule has 2 aliphatic rings. The molecular formula is C17H21N3O3. The number of benzene rings is 1. The van der Waals surface area contributed by atoms with Crippen molar-refractivity contribution in [3.8, 4) is 0 Å². The van der Waals surface area contributed by atoms with Crippen molar-refractivity contribution >= 4 is 23.4 Å². The Morgan fingerprint density at radius 2 is 1.78 bits per heavy atom. The smallest absolute Gasteiger partial charge is 0.230 e. The van der Waals surface area contributed by atoms with E-state index in [0.29, 0.717) is 26.2 Å². The fraction of sp³-hybridized carbons (Fsp3) is 0.471. The van der Waals surface area contributed by atoms with Gasteiger partial charge >= 0.3 is 0 Å². The van der Waals surface area contributed by atoms with Gasteiger partial charge in [-0.3, -0.25) is 14.4 Å². The van der Waals surface area contributed by atoms with E-state index in [1.165, 1.54) is 0 Å². The van der Waals surface area contributed by atoms with Crippen molar-refractivity contribution in [2.45, 2.75) is 25.7 Å². The van der Waals surface area contributed by atoms with E-state index in [9.17, 15) is 14.4 Å². The molecule has 1 atom stereocenters. The first-order valence-electron chi connectivity index (χ1n) is 7.99. The number of carbonyl (C=O) groups is 3. The largest absolute Gasteiger partial charge is 0.341 e. The summed E-state index contributed by atoms with van der Waals surface area (Å²) in [4.78, 5) is 39.9. The molecule has 1 N–H and O–H groups in total. The number of nitrogens with one attached hydrogen (secondary N) is 1. The quantitative estimate of drug-likeness (QED) is 0.846. The van der Waals surface area contributed by atoms with Crippen LogP contribution in [0, 0.1) is 0 Å². The average Bonchev–Trinajstić information content (AvgIpc) is 2.79. The Balaban J connectivity index is 1.78. The summed E-state index contributed by atoms with van der Waals surface area (Å²) in [5, 5.41) is 2.82. The van der Waals surface area contributed by atoms with Crippen LogP contribution in [-0.4, -0.2) is 53.7 Å². The van der Waals surface area contributed by atoms with Gasteiger partial charge in [0, 0.05) is 45.2 Å². The zero-order valence-electron chi connectivity index (χ0n) is 13.2. The minimum Gasteiger partial charge on any atom is -0.341 e. The van der Waals surface area contributed by atoms with Gasteiger partial charge in [-0.15, -0.1) is 0 Å². The maximum Gasteiger partial charge on any atom is 0.230 e. The van der Waals surface area contributed by atoms with Crippen molar-refractivity contribution in [3.63, 3.8) is 0 Å². The second kappa shape index (κ2) is 6.40. The summed E-state index contributed by atoms with van der Waals surface area (Å²) in [6.07, 6.45) is 0.953. The third kappa shape index (κ3) is 3.21. The Morgan fingerprint density at radius 1 is 1.09 bits per heavy atom. The molecule has 2 aliphatic heterocycles. The normalized spacial score (nSPS) is 21.3. The Bertz CT molecular complexity index is 644. The van der Waals surface area contributed by atoms with Gasteiger partial charge in [0.25, 0.3) is 0 Å². The highest BCUT2D eigenvalue weighted by Gasteiger charge is 2.33. The fourth-order valence-corrected chi connectivity index (χ4v) is 3.30. The maximum absolute atomic E-state index is 12.9. The lowest BCUT2D eigenvalue weighted by atomic mass is 9.89. The monoisotopic (exact) mass is 315 g/mol. The topological polar surface area (TPSA) is 69.7 Å². The summed E-state index contributed by atoms with van der Waals surface area (Å²) < 4.78 is 0. The number of nitrogens with zero attached hydrogens (tertiary/aromatic N) is 2. The zero-order chi connectivity index (χ0) is 16.4. The van der Waals surface area contributed by atoms with Crippen molar-refractivity contribution in [1.82, 2.24) is 9.80 Å². The number of para-hydroxylation sites is 1. The number of anilines is 1. The predicted octanol–water partition coefficient (Wildman–Crippen LogP) is 1.19. The lowest BCUT2D eigenvalue weighted by Gasteiger charge is -2.30. The molecule has 0 spiro atoms. The number of carbonyl (C=O) groups excluding carboxylic acids is 3. The number of hydrogen-bond donors (Lipinski definition) is 1. The average molecular weight is 315 g/mol. The van der Waals surface area contributed by atoms with E-state index in [2.05, 4.69) is 5.32 Å². The van der Waals surface area contributed by atoms with E-state index >= 15 is 0 Å². The van der Waals surface area contributed by atoms with Crippen LogP contribution in [0.1, 0.15) is 31.2 Å². The molecule has 23 heavy (non-hydrogen) atoms. The molecule has 6 nitrogen and oxygen atoms in total. The maximum atomic E-state index is 12.9. The molecule has 0 bridgehead atoms. The van der Waals surface area contributed by atoms with Crippen LogP contribution >= 0.6 is 0 Å². The second-order valence-electron chi connectivity index (χ2n) is 6.08. The molecule has 2 heterocycles. The molecular weight excluding hydrogens is 294 g/mol. The number of amides is 3. The SMILES string of the molecule is CC(=O)N1CCCN(C(=O)C2CC(=O)Nc3ccccc32)CC1. The van der Waals surface area contributed by atoms with Gasteiger partial charge in [-0.2, -0.15) is 0 Å². The molecule has 0 saturated carbocycles. The molecule has 1 aromatic rings. The predicted molar refractivity (Wildman–Crippen MR) is 85.9 cm³/mol. The number of rotatable bonds is 1. The van der Waals surface area contributed by atoms with Crippen LogP contribution in [0.25, 0.3) is 0 Å². The summed E-state index contributed by atoms with van der Waals surface area (Å²) >= 11 is 0. The van der Waals surface area contributed by atoms with Crippen molar-refractivity contribution in [2.24, 2.45) is 0 Å². The van der Waals surface area contributed by atoms with E-state index in [0.717, 1.165) is 17.7 Å². The van der Waals surface area contributed by atoms with Gasteiger partial charge < -0.3 is 15.1 Å². The molecule has 0 aliphatic carbocycles. The molecule has 1 fully saturated rings. The minimum atomic E-state index is -0.427. The van der Waals surface area contributed by atoms with E-state index in [1.54, 1.807) is 16.7 Å². The third-order valence-corrected chi connectivity index (χ3v) is 4.55. The van der Waals surface area contributed by atoms with Crippen molar-refractivity contribution in [3.05, 3.63) is 29.8 Å². The first kappa shape index (κ1) is 15.5. The summed E-state index contributed by atoms with van der Waals surface area (Å²) in [5.74, 6) is -0.523. The number of fused-ring (bicyclic) bond motifs is 1. The molecule has 1 unspecified atom stereocenters. The fourth-order valence-electron chi connectivity index (χ4n) is 3.30. The summed E-state index contributed by atoms with van der Waals surface area (Å²) in [7, 11) is 0. The highest BCUT2D eigenvalue weighted by molar-refractivity contribution is 6.01. The highest BCUT2D eigenvalue weighted by Crippen LogP contribution is 2.33. The molecule has 6 heteroatoms.